The van der Waals surface area contributed by atoms with Crippen LogP contribution >= 0.6 is 0 Å². The molecule has 1 aromatic rings. The van der Waals surface area contributed by atoms with Gasteiger partial charge < -0.3 is 4.74 Å². The van der Waals surface area contributed by atoms with Gasteiger partial charge in [-0.05, 0) is 25.2 Å². The zero-order chi connectivity index (χ0) is 16.0. The molecule has 0 aliphatic carbocycles. The molecule has 0 unspecified atom stereocenters. The standard InChI is InChI=1S/C16H22F4O/c1-4-8-21-9-12-15(19)13(17)11(14(18)16(12)20)7-5-6-10(2)3/h10H,4-9H2,1-3H3. The van der Waals surface area contributed by atoms with Crippen LogP contribution in [-0.2, 0) is 17.8 Å². The Bertz CT molecular complexity index is 443. The summed E-state index contributed by atoms with van der Waals surface area (Å²) in [5.74, 6) is -4.91. The molecule has 1 rings (SSSR count). The summed E-state index contributed by atoms with van der Waals surface area (Å²) in [6.07, 6.45) is 1.86. The third-order valence-corrected chi connectivity index (χ3v) is 3.25. The summed E-state index contributed by atoms with van der Waals surface area (Å²) in [5.41, 5.74) is -1.18. The molecule has 0 aliphatic heterocycles. The lowest BCUT2D eigenvalue weighted by atomic mass is 10.00. The van der Waals surface area contributed by atoms with Crippen LogP contribution in [0.15, 0.2) is 0 Å². The topological polar surface area (TPSA) is 9.23 Å². The van der Waals surface area contributed by atoms with Gasteiger partial charge in [0.25, 0.3) is 0 Å². The van der Waals surface area contributed by atoms with Crippen LogP contribution in [0.4, 0.5) is 17.6 Å². The Morgan fingerprint density at radius 2 is 1.43 bits per heavy atom. The summed E-state index contributed by atoms with van der Waals surface area (Å²) >= 11 is 0. The number of rotatable bonds is 8. The summed E-state index contributed by atoms with van der Waals surface area (Å²) < 4.78 is 60.5. The van der Waals surface area contributed by atoms with Gasteiger partial charge in [0.1, 0.15) is 0 Å². The molecule has 0 bridgehead atoms. The second-order valence-electron chi connectivity index (χ2n) is 5.55. The van der Waals surface area contributed by atoms with E-state index in [9.17, 15) is 17.6 Å². The van der Waals surface area contributed by atoms with E-state index in [-0.39, 0.29) is 13.0 Å². The molecule has 120 valence electrons. The van der Waals surface area contributed by atoms with E-state index in [1.807, 2.05) is 20.8 Å². The smallest absolute Gasteiger partial charge is 0.167 e. The minimum absolute atomic E-state index is 0.0141. The van der Waals surface area contributed by atoms with Crippen molar-refractivity contribution in [1.29, 1.82) is 0 Å². The van der Waals surface area contributed by atoms with Crippen molar-refractivity contribution in [2.24, 2.45) is 5.92 Å². The van der Waals surface area contributed by atoms with Crippen molar-refractivity contribution >= 4 is 0 Å². The SMILES string of the molecule is CCCOCc1c(F)c(F)c(CCCC(C)C)c(F)c1F. The molecule has 0 spiro atoms. The lowest BCUT2D eigenvalue weighted by molar-refractivity contribution is 0.115. The van der Waals surface area contributed by atoms with Crippen molar-refractivity contribution in [3.63, 3.8) is 0 Å². The molecule has 0 saturated heterocycles. The summed E-state index contributed by atoms with van der Waals surface area (Å²) in [5, 5.41) is 0. The van der Waals surface area contributed by atoms with Gasteiger partial charge in [0.05, 0.1) is 12.2 Å². The van der Waals surface area contributed by atoms with Crippen molar-refractivity contribution in [2.75, 3.05) is 6.61 Å². The number of hydrogen-bond donors (Lipinski definition) is 0. The molecule has 0 N–H and O–H groups in total. The second-order valence-corrected chi connectivity index (χ2v) is 5.55. The van der Waals surface area contributed by atoms with Crippen LogP contribution in [0.2, 0.25) is 0 Å². The Hall–Kier alpha value is -1.10. The van der Waals surface area contributed by atoms with E-state index < -0.39 is 41.0 Å². The van der Waals surface area contributed by atoms with Crippen LogP contribution in [0.5, 0.6) is 0 Å². The van der Waals surface area contributed by atoms with Crippen molar-refractivity contribution in [1.82, 2.24) is 0 Å². The van der Waals surface area contributed by atoms with E-state index in [4.69, 9.17) is 4.74 Å². The Labute approximate surface area is 123 Å². The van der Waals surface area contributed by atoms with Gasteiger partial charge in [-0.3, -0.25) is 0 Å². The average Bonchev–Trinajstić information content (AvgIpc) is 2.44. The van der Waals surface area contributed by atoms with Crippen LogP contribution in [0.1, 0.15) is 51.2 Å². The molecule has 0 amide bonds. The molecule has 0 heterocycles. The highest BCUT2D eigenvalue weighted by molar-refractivity contribution is 5.29. The van der Waals surface area contributed by atoms with E-state index >= 15 is 0 Å². The number of benzene rings is 1. The van der Waals surface area contributed by atoms with Crippen LogP contribution in [0, 0.1) is 29.2 Å². The molecule has 0 fully saturated rings. The Kier molecular flexibility index (Phi) is 7.15. The van der Waals surface area contributed by atoms with E-state index in [0.29, 0.717) is 18.8 Å². The molecule has 1 aromatic carbocycles. The van der Waals surface area contributed by atoms with Crippen LogP contribution in [0.25, 0.3) is 0 Å². The van der Waals surface area contributed by atoms with Crippen molar-refractivity contribution in [3.05, 3.63) is 34.4 Å². The first kappa shape index (κ1) is 18.0. The maximum absolute atomic E-state index is 13.9. The third kappa shape index (κ3) is 4.70. The van der Waals surface area contributed by atoms with E-state index in [1.54, 1.807) is 0 Å². The molecule has 5 heteroatoms. The predicted molar refractivity (Wildman–Crippen MR) is 74.0 cm³/mol. The molecule has 1 nitrogen and oxygen atoms in total. The molecular weight excluding hydrogens is 284 g/mol. The molecule has 0 atom stereocenters. The summed E-state index contributed by atoms with van der Waals surface area (Å²) in [4.78, 5) is 0. The lowest BCUT2D eigenvalue weighted by Gasteiger charge is -2.12. The zero-order valence-corrected chi connectivity index (χ0v) is 12.7. The van der Waals surface area contributed by atoms with Gasteiger partial charge in [-0.2, -0.15) is 0 Å². The second kappa shape index (κ2) is 8.37. The third-order valence-electron chi connectivity index (χ3n) is 3.25. The average molecular weight is 306 g/mol. The Morgan fingerprint density at radius 3 is 1.90 bits per heavy atom. The van der Waals surface area contributed by atoms with Crippen LogP contribution in [0.3, 0.4) is 0 Å². The van der Waals surface area contributed by atoms with Gasteiger partial charge in [-0.25, -0.2) is 17.6 Å². The van der Waals surface area contributed by atoms with Gasteiger partial charge in [0.15, 0.2) is 23.3 Å². The van der Waals surface area contributed by atoms with Crippen LogP contribution < -0.4 is 0 Å². The maximum atomic E-state index is 13.9. The Balaban J connectivity index is 2.97. The highest BCUT2D eigenvalue weighted by Crippen LogP contribution is 2.26. The minimum Gasteiger partial charge on any atom is -0.377 e. The van der Waals surface area contributed by atoms with E-state index in [1.165, 1.54) is 0 Å². The molecule has 0 aromatic heterocycles. The summed E-state index contributed by atoms with van der Waals surface area (Å²) in [7, 11) is 0. The van der Waals surface area contributed by atoms with Gasteiger partial charge >= 0.3 is 0 Å². The minimum atomic E-state index is -1.34. The zero-order valence-electron chi connectivity index (χ0n) is 12.7. The normalized spacial score (nSPS) is 11.4. The van der Waals surface area contributed by atoms with Crippen LogP contribution in [-0.4, -0.2) is 6.61 Å². The molecular formula is C16H22F4O. The fourth-order valence-electron chi connectivity index (χ4n) is 2.07. The fourth-order valence-corrected chi connectivity index (χ4v) is 2.07. The number of ether oxygens (including phenoxy) is 1. The molecule has 0 saturated carbocycles. The first-order valence-electron chi connectivity index (χ1n) is 7.31. The first-order valence-corrected chi connectivity index (χ1v) is 7.31. The predicted octanol–water partition coefficient (Wildman–Crippen LogP) is 5.15. The summed E-state index contributed by atoms with van der Waals surface area (Å²) in [6.45, 7) is 5.58. The van der Waals surface area contributed by atoms with Crippen molar-refractivity contribution in [3.8, 4) is 0 Å². The van der Waals surface area contributed by atoms with E-state index in [2.05, 4.69) is 0 Å². The fraction of sp³-hybridized carbons (Fsp3) is 0.625. The van der Waals surface area contributed by atoms with E-state index in [0.717, 1.165) is 6.42 Å². The molecule has 0 aliphatic rings. The highest BCUT2D eigenvalue weighted by atomic mass is 19.2. The van der Waals surface area contributed by atoms with Gasteiger partial charge in [-0.15, -0.1) is 0 Å². The first-order chi connectivity index (χ1) is 9.90. The lowest BCUT2D eigenvalue weighted by Crippen LogP contribution is -2.10. The quantitative estimate of drug-likeness (QED) is 0.367. The van der Waals surface area contributed by atoms with Gasteiger partial charge in [0, 0.05) is 12.2 Å². The van der Waals surface area contributed by atoms with Crippen molar-refractivity contribution in [2.45, 2.75) is 53.1 Å². The number of hydrogen-bond acceptors (Lipinski definition) is 1. The largest absolute Gasteiger partial charge is 0.377 e. The van der Waals surface area contributed by atoms with Gasteiger partial charge in [0.2, 0.25) is 0 Å². The maximum Gasteiger partial charge on any atom is 0.167 e. The highest BCUT2D eigenvalue weighted by Gasteiger charge is 2.24. The number of halogens is 4. The summed E-state index contributed by atoms with van der Waals surface area (Å²) in [6, 6.07) is 0. The van der Waals surface area contributed by atoms with Gasteiger partial charge in [-0.1, -0.05) is 27.2 Å². The monoisotopic (exact) mass is 306 g/mol. The molecule has 0 radical (unpaired) electrons. The Morgan fingerprint density at radius 1 is 0.905 bits per heavy atom. The molecule has 21 heavy (non-hydrogen) atoms. The van der Waals surface area contributed by atoms with Crippen molar-refractivity contribution < 1.29 is 22.3 Å².